The standard InChI is InChI=1S/C16H15BrN6O3/c17-12-1-2-13-11(7-12)8-14(26-13)16(25)22-5-3-21(4-6-22)15(24)9-23-10-18-19-20-23/h1-2,7-8,10H,3-6,9H2. The van der Waals surface area contributed by atoms with Crippen LogP contribution in [0.15, 0.2) is 39.5 Å². The van der Waals surface area contributed by atoms with Gasteiger partial charge in [0.15, 0.2) is 5.76 Å². The summed E-state index contributed by atoms with van der Waals surface area (Å²) in [6, 6.07) is 7.35. The lowest BCUT2D eigenvalue weighted by molar-refractivity contribution is -0.133. The van der Waals surface area contributed by atoms with E-state index in [4.69, 9.17) is 4.42 Å². The molecule has 10 heteroatoms. The first-order valence-electron chi connectivity index (χ1n) is 8.07. The Morgan fingerprint density at radius 2 is 1.88 bits per heavy atom. The summed E-state index contributed by atoms with van der Waals surface area (Å²) in [6.07, 6.45) is 1.40. The summed E-state index contributed by atoms with van der Waals surface area (Å²) in [5, 5.41) is 11.6. The van der Waals surface area contributed by atoms with E-state index in [9.17, 15) is 9.59 Å². The van der Waals surface area contributed by atoms with E-state index in [1.807, 2.05) is 18.2 Å². The lowest BCUT2D eigenvalue weighted by Crippen LogP contribution is -2.51. The molecule has 1 fully saturated rings. The molecule has 26 heavy (non-hydrogen) atoms. The van der Waals surface area contributed by atoms with Gasteiger partial charge in [0.1, 0.15) is 18.5 Å². The van der Waals surface area contributed by atoms with Crippen molar-refractivity contribution in [3.63, 3.8) is 0 Å². The zero-order chi connectivity index (χ0) is 18.1. The van der Waals surface area contributed by atoms with Crippen LogP contribution < -0.4 is 0 Å². The van der Waals surface area contributed by atoms with E-state index < -0.39 is 0 Å². The molecule has 1 aromatic carbocycles. The van der Waals surface area contributed by atoms with Crippen molar-refractivity contribution in [2.24, 2.45) is 0 Å². The third kappa shape index (κ3) is 3.32. The third-order valence-electron chi connectivity index (χ3n) is 4.30. The van der Waals surface area contributed by atoms with Crippen LogP contribution in [0.1, 0.15) is 10.6 Å². The van der Waals surface area contributed by atoms with Crippen molar-refractivity contribution in [2.75, 3.05) is 26.2 Å². The topological polar surface area (TPSA) is 97.4 Å². The van der Waals surface area contributed by atoms with Crippen LogP contribution in [0.4, 0.5) is 0 Å². The number of furan rings is 1. The Kier molecular flexibility index (Phi) is 4.41. The van der Waals surface area contributed by atoms with Crippen molar-refractivity contribution in [3.8, 4) is 0 Å². The first kappa shape index (κ1) is 16.7. The summed E-state index contributed by atoms with van der Waals surface area (Å²) in [7, 11) is 0. The molecule has 2 aromatic heterocycles. The van der Waals surface area contributed by atoms with Gasteiger partial charge >= 0.3 is 0 Å². The molecule has 0 unspecified atom stereocenters. The Morgan fingerprint density at radius 1 is 1.12 bits per heavy atom. The first-order chi connectivity index (χ1) is 12.6. The number of hydrogen-bond acceptors (Lipinski definition) is 6. The van der Waals surface area contributed by atoms with E-state index >= 15 is 0 Å². The van der Waals surface area contributed by atoms with Gasteiger partial charge in [0.2, 0.25) is 5.91 Å². The quantitative estimate of drug-likeness (QED) is 0.632. The Bertz CT molecular complexity index is 946. The van der Waals surface area contributed by atoms with Crippen LogP contribution in [0.25, 0.3) is 11.0 Å². The van der Waals surface area contributed by atoms with Gasteiger partial charge < -0.3 is 14.2 Å². The van der Waals surface area contributed by atoms with Crippen LogP contribution >= 0.6 is 15.9 Å². The van der Waals surface area contributed by atoms with Crippen molar-refractivity contribution in [2.45, 2.75) is 6.54 Å². The maximum absolute atomic E-state index is 12.7. The number of aromatic nitrogens is 4. The van der Waals surface area contributed by atoms with Gasteiger partial charge in [0.25, 0.3) is 5.91 Å². The van der Waals surface area contributed by atoms with Gasteiger partial charge in [-0.2, -0.15) is 0 Å². The average molecular weight is 419 g/mol. The summed E-state index contributed by atoms with van der Waals surface area (Å²) in [5.74, 6) is 0.0782. The number of rotatable bonds is 3. The summed E-state index contributed by atoms with van der Waals surface area (Å²) >= 11 is 3.41. The predicted octanol–water partition coefficient (Wildman–Crippen LogP) is 1.17. The first-order valence-corrected chi connectivity index (χ1v) is 8.86. The molecule has 0 bridgehead atoms. The van der Waals surface area contributed by atoms with Crippen LogP contribution in [-0.2, 0) is 11.3 Å². The SMILES string of the molecule is O=C(Cn1cnnn1)N1CCN(C(=O)c2cc3cc(Br)ccc3o2)CC1. The molecule has 3 heterocycles. The number of carbonyl (C=O) groups excluding carboxylic acids is 2. The fraction of sp³-hybridized carbons (Fsp3) is 0.312. The van der Waals surface area contributed by atoms with Crippen molar-refractivity contribution in [3.05, 3.63) is 40.8 Å². The minimum Gasteiger partial charge on any atom is -0.451 e. The summed E-state index contributed by atoms with van der Waals surface area (Å²) in [5.41, 5.74) is 0.673. The maximum atomic E-state index is 12.7. The number of nitrogens with zero attached hydrogens (tertiary/aromatic N) is 6. The van der Waals surface area contributed by atoms with Crippen LogP contribution in [0.3, 0.4) is 0 Å². The Balaban J connectivity index is 1.39. The molecule has 0 radical (unpaired) electrons. The number of tetrazole rings is 1. The smallest absolute Gasteiger partial charge is 0.289 e. The van der Waals surface area contributed by atoms with Crippen molar-refractivity contribution < 1.29 is 14.0 Å². The molecule has 1 saturated heterocycles. The zero-order valence-electron chi connectivity index (χ0n) is 13.7. The van der Waals surface area contributed by atoms with E-state index in [1.54, 1.807) is 15.9 Å². The van der Waals surface area contributed by atoms with E-state index in [-0.39, 0.29) is 18.4 Å². The number of benzene rings is 1. The second-order valence-electron chi connectivity index (χ2n) is 5.97. The highest BCUT2D eigenvalue weighted by Crippen LogP contribution is 2.24. The summed E-state index contributed by atoms with van der Waals surface area (Å²) < 4.78 is 7.98. The monoisotopic (exact) mass is 418 g/mol. The Morgan fingerprint density at radius 3 is 2.62 bits per heavy atom. The van der Waals surface area contributed by atoms with Gasteiger partial charge in [-0.1, -0.05) is 15.9 Å². The normalized spacial score (nSPS) is 14.8. The molecule has 0 atom stereocenters. The third-order valence-corrected chi connectivity index (χ3v) is 4.79. The lowest BCUT2D eigenvalue weighted by Gasteiger charge is -2.34. The Labute approximate surface area is 156 Å². The highest BCUT2D eigenvalue weighted by Gasteiger charge is 2.26. The molecule has 0 saturated carbocycles. The minimum atomic E-state index is -0.162. The van der Waals surface area contributed by atoms with E-state index in [1.165, 1.54) is 11.0 Å². The predicted molar refractivity (Wildman–Crippen MR) is 94.2 cm³/mol. The molecule has 4 rings (SSSR count). The average Bonchev–Trinajstić information content (AvgIpc) is 3.30. The van der Waals surface area contributed by atoms with Crippen LogP contribution in [0.2, 0.25) is 0 Å². The summed E-state index contributed by atoms with van der Waals surface area (Å²) in [4.78, 5) is 28.3. The molecule has 3 aromatic rings. The number of fused-ring (bicyclic) bond motifs is 1. The fourth-order valence-electron chi connectivity index (χ4n) is 2.93. The van der Waals surface area contributed by atoms with Gasteiger partial charge in [0.05, 0.1) is 0 Å². The largest absolute Gasteiger partial charge is 0.451 e. The van der Waals surface area contributed by atoms with Crippen molar-refractivity contribution in [1.29, 1.82) is 0 Å². The Hall–Kier alpha value is -2.75. The molecule has 0 spiro atoms. The van der Waals surface area contributed by atoms with Gasteiger partial charge in [-0.15, -0.1) is 5.10 Å². The minimum absolute atomic E-state index is 0.0713. The second-order valence-corrected chi connectivity index (χ2v) is 6.89. The van der Waals surface area contributed by atoms with Crippen LogP contribution in [-0.4, -0.2) is 68.0 Å². The molecular weight excluding hydrogens is 404 g/mol. The lowest BCUT2D eigenvalue weighted by atomic mass is 10.2. The number of halogens is 1. The fourth-order valence-corrected chi connectivity index (χ4v) is 3.30. The van der Waals surface area contributed by atoms with Crippen LogP contribution in [0.5, 0.6) is 0 Å². The number of piperazine rings is 1. The molecule has 1 aliphatic heterocycles. The molecule has 2 amide bonds. The molecule has 9 nitrogen and oxygen atoms in total. The highest BCUT2D eigenvalue weighted by molar-refractivity contribution is 9.10. The molecular formula is C16H15BrN6O3. The van der Waals surface area contributed by atoms with Crippen molar-refractivity contribution in [1.82, 2.24) is 30.0 Å². The number of hydrogen-bond donors (Lipinski definition) is 0. The second kappa shape index (κ2) is 6.87. The van der Waals surface area contributed by atoms with Gasteiger partial charge in [-0.05, 0) is 34.7 Å². The van der Waals surface area contributed by atoms with Crippen molar-refractivity contribution >= 4 is 38.7 Å². The van der Waals surface area contributed by atoms with E-state index in [0.717, 1.165) is 9.86 Å². The number of amides is 2. The molecule has 1 aliphatic rings. The highest BCUT2D eigenvalue weighted by atomic mass is 79.9. The molecule has 0 N–H and O–H groups in total. The number of carbonyl (C=O) groups is 2. The maximum Gasteiger partial charge on any atom is 0.289 e. The van der Waals surface area contributed by atoms with Gasteiger partial charge in [-0.25, -0.2) is 4.68 Å². The summed E-state index contributed by atoms with van der Waals surface area (Å²) in [6.45, 7) is 1.96. The molecule has 0 aliphatic carbocycles. The molecule has 134 valence electrons. The van der Waals surface area contributed by atoms with Gasteiger partial charge in [0, 0.05) is 36.0 Å². The van der Waals surface area contributed by atoms with Gasteiger partial charge in [-0.3, -0.25) is 9.59 Å². The zero-order valence-corrected chi connectivity index (χ0v) is 15.3. The van der Waals surface area contributed by atoms with E-state index in [2.05, 4.69) is 31.5 Å². The van der Waals surface area contributed by atoms with E-state index in [0.29, 0.717) is 37.5 Å². The van der Waals surface area contributed by atoms with Crippen LogP contribution in [0, 0.1) is 0 Å².